The second-order valence-corrected chi connectivity index (χ2v) is 3.98. The maximum atomic E-state index is 10.9. The predicted octanol–water partition coefficient (Wildman–Crippen LogP) is 3.02. The van der Waals surface area contributed by atoms with Crippen molar-refractivity contribution in [2.75, 3.05) is 0 Å². The van der Waals surface area contributed by atoms with Gasteiger partial charge in [-0.2, -0.15) is 0 Å². The Bertz CT molecular complexity index is 609. The zero-order valence-electron chi connectivity index (χ0n) is 10.1. The van der Waals surface area contributed by atoms with E-state index in [4.69, 9.17) is 5.21 Å². The van der Waals surface area contributed by atoms with Gasteiger partial charge in [-0.05, 0) is 5.56 Å². The molecule has 0 unspecified atom stereocenters. The number of hydrogen-bond donors (Lipinski definition) is 1. The lowest BCUT2D eigenvalue weighted by atomic mass is 10.0. The topological polar surface area (TPSA) is 75.7 Å². The van der Waals surface area contributed by atoms with Crippen LogP contribution in [0.4, 0.5) is 5.69 Å². The van der Waals surface area contributed by atoms with E-state index in [1.807, 2.05) is 18.2 Å². The van der Waals surface area contributed by atoms with Crippen LogP contribution in [0.3, 0.4) is 0 Å². The van der Waals surface area contributed by atoms with Crippen LogP contribution in [-0.2, 0) is 6.42 Å². The van der Waals surface area contributed by atoms with Crippen molar-refractivity contribution in [3.8, 4) is 0 Å². The van der Waals surface area contributed by atoms with Crippen molar-refractivity contribution in [3.63, 3.8) is 0 Å². The number of benzene rings is 2. The molecule has 2 aromatic rings. The van der Waals surface area contributed by atoms with E-state index in [2.05, 4.69) is 5.16 Å². The molecule has 0 radical (unpaired) electrons. The largest absolute Gasteiger partial charge is 0.411 e. The van der Waals surface area contributed by atoms with E-state index < -0.39 is 4.92 Å². The van der Waals surface area contributed by atoms with Gasteiger partial charge in [0.25, 0.3) is 5.69 Å². The van der Waals surface area contributed by atoms with Gasteiger partial charge in [0.15, 0.2) is 0 Å². The average Bonchev–Trinajstić information content (AvgIpc) is 2.46. The number of nitro benzene ring substituents is 1. The molecule has 19 heavy (non-hydrogen) atoms. The fourth-order valence-corrected chi connectivity index (χ4v) is 1.84. The summed E-state index contributed by atoms with van der Waals surface area (Å²) in [6.07, 6.45) is 0.206. The number of para-hydroxylation sites is 1. The maximum Gasteiger partial charge on any atom is 0.272 e. The Kier molecular flexibility index (Phi) is 3.87. The molecule has 2 rings (SSSR count). The first kappa shape index (κ1) is 12.8. The second kappa shape index (κ2) is 5.77. The summed E-state index contributed by atoms with van der Waals surface area (Å²) in [5, 5.41) is 23.3. The van der Waals surface area contributed by atoms with E-state index in [1.165, 1.54) is 6.07 Å². The van der Waals surface area contributed by atoms with E-state index in [0.29, 0.717) is 11.3 Å². The maximum absolute atomic E-state index is 10.9. The minimum Gasteiger partial charge on any atom is -0.411 e. The van der Waals surface area contributed by atoms with E-state index in [0.717, 1.165) is 5.56 Å². The lowest BCUT2D eigenvalue weighted by molar-refractivity contribution is -0.385. The Balaban J connectivity index is 2.33. The summed E-state index contributed by atoms with van der Waals surface area (Å²) in [7, 11) is 0. The van der Waals surface area contributed by atoms with Crippen LogP contribution < -0.4 is 0 Å². The van der Waals surface area contributed by atoms with Crippen LogP contribution in [0.2, 0.25) is 0 Å². The Hall–Kier alpha value is -2.69. The van der Waals surface area contributed by atoms with Crippen molar-refractivity contribution in [2.45, 2.75) is 6.42 Å². The van der Waals surface area contributed by atoms with Gasteiger partial charge >= 0.3 is 0 Å². The summed E-state index contributed by atoms with van der Waals surface area (Å²) in [6, 6.07) is 15.5. The second-order valence-electron chi connectivity index (χ2n) is 3.98. The first-order valence-corrected chi connectivity index (χ1v) is 5.71. The Morgan fingerprint density at radius 1 is 1.11 bits per heavy atom. The summed E-state index contributed by atoms with van der Waals surface area (Å²) < 4.78 is 0. The number of nitrogens with zero attached hydrogens (tertiary/aromatic N) is 2. The Morgan fingerprint density at radius 2 is 1.74 bits per heavy atom. The number of nitro groups is 1. The van der Waals surface area contributed by atoms with Crippen LogP contribution in [-0.4, -0.2) is 15.8 Å². The van der Waals surface area contributed by atoms with Crippen molar-refractivity contribution in [1.29, 1.82) is 0 Å². The molecule has 0 saturated carbocycles. The molecule has 0 aromatic heterocycles. The van der Waals surface area contributed by atoms with Gasteiger partial charge in [-0.3, -0.25) is 10.1 Å². The fourth-order valence-electron chi connectivity index (χ4n) is 1.84. The van der Waals surface area contributed by atoms with Crippen LogP contribution in [0, 0.1) is 10.1 Å². The lowest BCUT2D eigenvalue weighted by Gasteiger charge is -2.05. The fraction of sp³-hybridized carbons (Fsp3) is 0.0714. The molecule has 0 aliphatic rings. The highest BCUT2D eigenvalue weighted by Gasteiger charge is 2.15. The van der Waals surface area contributed by atoms with Gasteiger partial charge in [0.1, 0.15) is 0 Å². The monoisotopic (exact) mass is 256 g/mol. The van der Waals surface area contributed by atoms with Gasteiger partial charge in [-0.15, -0.1) is 0 Å². The highest BCUT2D eigenvalue weighted by atomic mass is 16.6. The van der Waals surface area contributed by atoms with Gasteiger partial charge in [-0.25, -0.2) is 0 Å². The molecule has 0 saturated heterocycles. The first-order valence-electron chi connectivity index (χ1n) is 5.71. The molecule has 96 valence electrons. The van der Waals surface area contributed by atoms with Crippen molar-refractivity contribution in [1.82, 2.24) is 0 Å². The molecule has 0 atom stereocenters. The molecule has 5 nitrogen and oxygen atoms in total. The Morgan fingerprint density at radius 3 is 2.37 bits per heavy atom. The predicted molar refractivity (Wildman–Crippen MR) is 71.6 cm³/mol. The van der Waals surface area contributed by atoms with Crippen molar-refractivity contribution >= 4 is 11.4 Å². The SMILES string of the molecule is O=[N+]([O-])c1ccccc1CC(=NO)c1ccccc1. The molecule has 1 N–H and O–H groups in total. The molecule has 0 bridgehead atoms. The molecule has 0 aliphatic carbocycles. The van der Waals surface area contributed by atoms with Crippen LogP contribution >= 0.6 is 0 Å². The summed E-state index contributed by atoms with van der Waals surface area (Å²) in [5.41, 5.74) is 1.68. The minimum atomic E-state index is -0.435. The summed E-state index contributed by atoms with van der Waals surface area (Å²) in [5.74, 6) is 0. The molecule has 5 heteroatoms. The number of oxime groups is 1. The van der Waals surface area contributed by atoms with Crippen molar-refractivity contribution < 1.29 is 10.1 Å². The highest BCUT2D eigenvalue weighted by molar-refractivity contribution is 6.01. The zero-order chi connectivity index (χ0) is 13.7. The third-order valence-electron chi connectivity index (χ3n) is 2.77. The standard InChI is InChI=1S/C14H12N2O3/c17-15-13(11-6-2-1-3-7-11)10-12-8-4-5-9-14(12)16(18)19/h1-9,17H,10H2. The minimum absolute atomic E-state index is 0.0274. The molecule has 0 fully saturated rings. The summed E-state index contributed by atoms with van der Waals surface area (Å²) in [4.78, 5) is 10.5. The first-order chi connectivity index (χ1) is 9.22. The molecule has 2 aromatic carbocycles. The van der Waals surface area contributed by atoms with Crippen molar-refractivity contribution in [2.24, 2.45) is 5.16 Å². The Labute approximate surface area is 110 Å². The molecular weight excluding hydrogens is 244 g/mol. The molecular formula is C14H12N2O3. The van der Waals surface area contributed by atoms with Crippen LogP contribution in [0.25, 0.3) is 0 Å². The van der Waals surface area contributed by atoms with Gasteiger partial charge < -0.3 is 5.21 Å². The van der Waals surface area contributed by atoms with Gasteiger partial charge in [0.2, 0.25) is 0 Å². The van der Waals surface area contributed by atoms with Gasteiger partial charge in [0.05, 0.1) is 10.6 Å². The quantitative estimate of drug-likeness (QED) is 0.395. The van der Waals surface area contributed by atoms with Crippen molar-refractivity contribution in [3.05, 3.63) is 75.8 Å². The third kappa shape index (κ3) is 2.95. The average molecular weight is 256 g/mol. The van der Waals surface area contributed by atoms with Crippen LogP contribution in [0.5, 0.6) is 0 Å². The third-order valence-corrected chi connectivity index (χ3v) is 2.77. The highest BCUT2D eigenvalue weighted by Crippen LogP contribution is 2.20. The number of hydrogen-bond acceptors (Lipinski definition) is 4. The molecule has 0 spiro atoms. The van der Waals surface area contributed by atoms with E-state index in [1.54, 1.807) is 30.3 Å². The molecule has 0 aliphatic heterocycles. The van der Waals surface area contributed by atoms with E-state index in [9.17, 15) is 10.1 Å². The van der Waals surface area contributed by atoms with Crippen LogP contribution in [0.15, 0.2) is 59.8 Å². The molecule has 0 amide bonds. The summed E-state index contributed by atoms with van der Waals surface area (Å²) in [6.45, 7) is 0. The number of rotatable bonds is 4. The van der Waals surface area contributed by atoms with Crippen LogP contribution in [0.1, 0.15) is 11.1 Å². The van der Waals surface area contributed by atoms with E-state index >= 15 is 0 Å². The smallest absolute Gasteiger partial charge is 0.272 e. The van der Waals surface area contributed by atoms with Gasteiger partial charge in [-0.1, -0.05) is 53.7 Å². The van der Waals surface area contributed by atoms with Gasteiger partial charge in [0, 0.05) is 18.1 Å². The lowest BCUT2D eigenvalue weighted by Crippen LogP contribution is -2.07. The molecule has 0 heterocycles. The van der Waals surface area contributed by atoms with E-state index in [-0.39, 0.29) is 12.1 Å². The summed E-state index contributed by atoms with van der Waals surface area (Å²) >= 11 is 0. The normalized spacial score (nSPS) is 11.3. The zero-order valence-corrected chi connectivity index (χ0v) is 10.1.